The van der Waals surface area contributed by atoms with E-state index in [1.54, 1.807) is 18.6 Å². The maximum absolute atomic E-state index is 12.0. The highest BCUT2D eigenvalue weighted by Gasteiger charge is 2.12. The van der Waals surface area contributed by atoms with E-state index in [1.807, 2.05) is 29.6 Å². The van der Waals surface area contributed by atoms with Crippen molar-refractivity contribution < 1.29 is 14.3 Å². The molecule has 2 heterocycles. The van der Waals surface area contributed by atoms with Gasteiger partial charge in [-0.2, -0.15) is 16.3 Å². The number of benzene rings is 1. The Bertz CT molecular complexity index is 907. The van der Waals surface area contributed by atoms with Gasteiger partial charge in [0.1, 0.15) is 5.75 Å². The van der Waals surface area contributed by atoms with Crippen LogP contribution in [0.25, 0.3) is 11.4 Å². The van der Waals surface area contributed by atoms with E-state index in [9.17, 15) is 9.59 Å². The van der Waals surface area contributed by atoms with Crippen LogP contribution in [0.1, 0.15) is 23.2 Å². The standard InChI is InChI=1S/C18H19N5O3S/c1-26-14-6-3-2-5-13(14)16-21-18(23-22-16)20-15(24)7-4-9-19-17(25)12-8-10-27-11-12/h2-3,5-6,8,10-11H,4,7,9H2,1H3,(H,19,25)(H2,20,21,22,23,24). The summed E-state index contributed by atoms with van der Waals surface area (Å²) in [5, 5.41) is 15.8. The summed E-state index contributed by atoms with van der Waals surface area (Å²) in [6, 6.07) is 9.15. The first-order valence-corrected chi connectivity index (χ1v) is 9.27. The number of ether oxygens (including phenoxy) is 1. The molecule has 2 aromatic heterocycles. The smallest absolute Gasteiger partial charge is 0.252 e. The fourth-order valence-electron chi connectivity index (χ4n) is 2.41. The van der Waals surface area contributed by atoms with Gasteiger partial charge in [0, 0.05) is 23.9 Å². The Morgan fingerprint density at radius 3 is 2.89 bits per heavy atom. The average Bonchev–Trinajstić information content (AvgIpc) is 3.37. The molecule has 0 unspecified atom stereocenters. The molecule has 3 rings (SSSR count). The fraction of sp³-hybridized carbons (Fsp3) is 0.222. The summed E-state index contributed by atoms with van der Waals surface area (Å²) in [7, 11) is 1.58. The molecule has 0 aliphatic rings. The number of anilines is 1. The second-order valence-corrected chi connectivity index (χ2v) is 6.41. The lowest BCUT2D eigenvalue weighted by atomic mass is 10.2. The molecule has 0 bridgehead atoms. The van der Waals surface area contributed by atoms with E-state index in [0.717, 1.165) is 5.56 Å². The third kappa shape index (κ3) is 4.91. The number of hydrogen-bond donors (Lipinski definition) is 3. The molecule has 0 spiro atoms. The Morgan fingerprint density at radius 1 is 1.26 bits per heavy atom. The van der Waals surface area contributed by atoms with Crippen molar-refractivity contribution in [2.45, 2.75) is 12.8 Å². The van der Waals surface area contributed by atoms with Gasteiger partial charge >= 0.3 is 0 Å². The molecule has 0 aliphatic heterocycles. The zero-order chi connectivity index (χ0) is 19.1. The number of aromatic nitrogens is 3. The van der Waals surface area contributed by atoms with Gasteiger partial charge in [-0.15, -0.1) is 5.10 Å². The Labute approximate surface area is 160 Å². The van der Waals surface area contributed by atoms with Crippen molar-refractivity contribution in [2.75, 3.05) is 19.0 Å². The molecule has 27 heavy (non-hydrogen) atoms. The second kappa shape index (κ2) is 8.95. The molecule has 0 saturated carbocycles. The zero-order valence-corrected chi connectivity index (χ0v) is 15.5. The van der Waals surface area contributed by atoms with Crippen molar-refractivity contribution in [1.29, 1.82) is 0 Å². The van der Waals surface area contributed by atoms with Gasteiger partial charge in [-0.1, -0.05) is 12.1 Å². The first kappa shape index (κ1) is 18.6. The van der Waals surface area contributed by atoms with Gasteiger partial charge in [-0.3, -0.25) is 20.0 Å². The van der Waals surface area contributed by atoms with Crippen LogP contribution in [0.2, 0.25) is 0 Å². The predicted molar refractivity (Wildman–Crippen MR) is 103 cm³/mol. The molecule has 0 atom stereocenters. The lowest BCUT2D eigenvalue weighted by Gasteiger charge is -2.04. The van der Waals surface area contributed by atoms with Crippen molar-refractivity contribution in [1.82, 2.24) is 20.5 Å². The topological polar surface area (TPSA) is 109 Å². The first-order chi connectivity index (χ1) is 13.2. The number of aromatic amines is 1. The largest absolute Gasteiger partial charge is 0.496 e. The van der Waals surface area contributed by atoms with Crippen LogP contribution in [0.5, 0.6) is 5.75 Å². The maximum atomic E-state index is 12.0. The van der Waals surface area contributed by atoms with E-state index in [-0.39, 0.29) is 24.2 Å². The molecule has 0 saturated heterocycles. The molecule has 3 aromatic rings. The van der Waals surface area contributed by atoms with Crippen LogP contribution in [-0.2, 0) is 4.79 Å². The van der Waals surface area contributed by atoms with Crippen molar-refractivity contribution in [3.63, 3.8) is 0 Å². The van der Waals surface area contributed by atoms with Crippen molar-refractivity contribution in [3.8, 4) is 17.1 Å². The highest BCUT2D eigenvalue weighted by molar-refractivity contribution is 7.08. The molecule has 1 aromatic carbocycles. The molecule has 9 heteroatoms. The quantitative estimate of drug-likeness (QED) is 0.517. The number of carbonyl (C=O) groups excluding carboxylic acids is 2. The van der Waals surface area contributed by atoms with E-state index < -0.39 is 0 Å². The van der Waals surface area contributed by atoms with Crippen LogP contribution in [0.3, 0.4) is 0 Å². The van der Waals surface area contributed by atoms with Crippen LogP contribution in [0, 0.1) is 0 Å². The molecular weight excluding hydrogens is 366 g/mol. The molecule has 2 amide bonds. The van der Waals surface area contributed by atoms with Gasteiger partial charge in [0.15, 0.2) is 5.82 Å². The summed E-state index contributed by atoms with van der Waals surface area (Å²) in [5.74, 6) is 1.01. The Hall–Kier alpha value is -3.20. The van der Waals surface area contributed by atoms with E-state index in [1.165, 1.54) is 11.3 Å². The number of carbonyl (C=O) groups is 2. The monoisotopic (exact) mass is 385 g/mol. The average molecular weight is 385 g/mol. The lowest BCUT2D eigenvalue weighted by Crippen LogP contribution is -2.25. The predicted octanol–water partition coefficient (Wildman–Crippen LogP) is 2.69. The van der Waals surface area contributed by atoms with E-state index >= 15 is 0 Å². The summed E-state index contributed by atoms with van der Waals surface area (Å²) >= 11 is 1.47. The highest BCUT2D eigenvalue weighted by Crippen LogP contribution is 2.27. The van der Waals surface area contributed by atoms with Crippen molar-refractivity contribution in [2.24, 2.45) is 0 Å². The fourth-order valence-corrected chi connectivity index (χ4v) is 3.05. The Kier molecular flexibility index (Phi) is 6.16. The lowest BCUT2D eigenvalue weighted by molar-refractivity contribution is -0.116. The van der Waals surface area contributed by atoms with E-state index in [4.69, 9.17) is 4.74 Å². The van der Waals surface area contributed by atoms with Gasteiger partial charge in [-0.05, 0) is 30.0 Å². The van der Waals surface area contributed by atoms with Crippen molar-refractivity contribution in [3.05, 3.63) is 46.7 Å². The zero-order valence-electron chi connectivity index (χ0n) is 14.7. The maximum Gasteiger partial charge on any atom is 0.252 e. The Morgan fingerprint density at radius 2 is 2.11 bits per heavy atom. The first-order valence-electron chi connectivity index (χ1n) is 8.33. The highest BCUT2D eigenvalue weighted by atomic mass is 32.1. The number of nitrogens with zero attached hydrogens (tertiary/aromatic N) is 2. The summed E-state index contributed by atoms with van der Waals surface area (Å²) in [5.41, 5.74) is 1.39. The number of nitrogens with one attached hydrogen (secondary N) is 3. The van der Waals surface area contributed by atoms with Gasteiger partial charge in [0.2, 0.25) is 11.9 Å². The minimum atomic E-state index is -0.217. The van der Waals surface area contributed by atoms with Gasteiger partial charge in [0.25, 0.3) is 5.91 Å². The molecule has 0 radical (unpaired) electrons. The summed E-state index contributed by atoms with van der Waals surface area (Å²) < 4.78 is 5.29. The van der Waals surface area contributed by atoms with Gasteiger partial charge < -0.3 is 10.1 Å². The van der Waals surface area contributed by atoms with E-state index in [0.29, 0.717) is 30.1 Å². The third-order valence-electron chi connectivity index (χ3n) is 3.75. The Balaban J connectivity index is 1.46. The van der Waals surface area contributed by atoms with Gasteiger partial charge in [-0.25, -0.2) is 0 Å². The van der Waals surface area contributed by atoms with Gasteiger partial charge in [0.05, 0.1) is 12.7 Å². The number of methoxy groups -OCH3 is 1. The third-order valence-corrected chi connectivity index (χ3v) is 4.43. The van der Waals surface area contributed by atoms with Crippen LogP contribution in [0.15, 0.2) is 41.1 Å². The number of H-pyrrole nitrogens is 1. The minimum Gasteiger partial charge on any atom is -0.496 e. The number of rotatable bonds is 8. The number of para-hydroxylation sites is 1. The molecule has 0 fully saturated rings. The summed E-state index contributed by atoms with van der Waals surface area (Å²) in [6.45, 7) is 0.419. The summed E-state index contributed by atoms with van der Waals surface area (Å²) in [4.78, 5) is 28.1. The normalized spacial score (nSPS) is 10.4. The SMILES string of the molecule is COc1ccccc1-c1nc(NC(=O)CCCNC(=O)c2ccsc2)n[nH]1. The van der Waals surface area contributed by atoms with Crippen LogP contribution < -0.4 is 15.4 Å². The van der Waals surface area contributed by atoms with Crippen LogP contribution >= 0.6 is 11.3 Å². The molecule has 0 aliphatic carbocycles. The second-order valence-electron chi connectivity index (χ2n) is 5.63. The molecule has 3 N–H and O–H groups in total. The number of hydrogen-bond acceptors (Lipinski definition) is 6. The molecule has 8 nitrogen and oxygen atoms in total. The van der Waals surface area contributed by atoms with Crippen LogP contribution in [0.4, 0.5) is 5.95 Å². The van der Waals surface area contributed by atoms with Crippen LogP contribution in [-0.4, -0.2) is 40.7 Å². The number of amides is 2. The van der Waals surface area contributed by atoms with Crippen molar-refractivity contribution >= 4 is 29.1 Å². The molecular formula is C18H19N5O3S. The summed E-state index contributed by atoms with van der Waals surface area (Å²) in [6.07, 6.45) is 0.772. The minimum absolute atomic E-state index is 0.132. The van der Waals surface area contributed by atoms with E-state index in [2.05, 4.69) is 25.8 Å². The number of thiophene rings is 1. The molecule has 140 valence electrons.